The summed E-state index contributed by atoms with van der Waals surface area (Å²) in [5.74, 6) is -3.04. The first-order valence-electron chi connectivity index (χ1n) is 17.4. The predicted octanol–water partition coefficient (Wildman–Crippen LogP) is 4.24. The molecule has 0 bridgehead atoms. The fourth-order valence-electron chi connectivity index (χ4n) is 6.78. The lowest BCUT2D eigenvalue weighted by molar-refractivity contribution is -0.914. The van der Waals surface area contributed by atoms with E-state index in [-0.39, 0.29) is 51.1 Å². The van der Waals surface area contributed by atoms with Crippen LogP contribution in [0.4, 0.5) is 14.5 Å². The average Bonchev–Trinajstić information content (AvgIpc) is 3.70. The molecule has 4 heterocycles. The molecule has 0 radical (unpaired) electrons. The van der Waals surface area contributed by atoms with E-state index in [1.165, 1.54) is 42.1 Å². The third-order valence-corrected chi connectivity index (χ3v) is 10.4. The van der Waals surface area contributed by atoms with Crippen LogP contribution in [-0.2, 0) is 27.9 Å². The Bertz CT molecular complexity index is 2020. The maximum Gasteiger partial charge on any atom is 0.291 e. The summed E-state index contributed by atoms with van der Waals surface area (Å²) in [5.41, 5.74) is 1.82. The van der Waals surface area contributed by atoms with Crippen molar-refractivity contribution in [1.29, 1.82) is 0 Å². The zero-order valence-corrected chi connectivity index (χ0v) is 31.3. The number of aromatic nitrogens is 4. The Morgan fingerprint density at radius 1 is 1.04 bits per heavy atom. The van der Waals surface area contributed by atoms with Crippen molar-refractivity contribution < 1.29 is 37.1 Å². The van der Waals surface area contributed by atoms with E-state index in [1.807, 2.05) is 14.1 Å². The molecular weight excluding hydrogens is 710 g/mol. The molecule has 6 rings (SSSR count). The third-order valence-electron chi connectivity index (χ3n) is 10.1. The number of nitrogens with one attached hydrogen (secondary N) is 1. The number of morpholine rings is 1. The SMILES string of the molecule is COCCCn1cc(-c2ccc(-c3cnc(C(=O)Nc4ccc(C(=O)N5CCN(C(=O)[C@@H]6COCC[N+]6(C)C)CC5)c(Cl)c4)n3C)c(F)c2F)c(C)n1. The van der Waals surface area contributed by atoms with Gasteiger partial charge in [0.15, 0.2) is 23.5 Å². The number of likely N-dealkylation sites (N-methyl/N-ethyl adjacent to an activating group) is 1. The second-order valence-electron chi connectivity index (χ2n) is 13.9. The summed E-state index contributed by atoms with van der Waals surface area (Å²) in [6.45, 7) is 6.13. The van der Waals surface area contributed by atoms with Gasteiger partial charge in [0.2, 0.25) is 0 Å². The molecule has 1 N–H and O–H groups in total. The number of hydrogen-bond donors (Lipinski definition) is 1. The lowest BCUT2D eigenvalue weighted by atomic mass is 10.0. The molecule has 13 nitrogen and oxygen atoms in total. The quantitative estimate of drug-likeness (QED) is 0.190. The van der Waals surface area contributed by atoms with Crippen molar-refractivity contribution in [2.24, 2.45) is 7.05 Å². The number of quaternary nitrogens is 1. The fraction of sp³-hybridized carbons (Fsp3) is 0.432. The summed E-state index contributed by atoms with van der Waals surface area (Å²) in [5, 5.41) is 7.27. The Morgan fingerprint density at radius 2 is 1.74 bits per heavy atom. The first kappa shape index (κ1) is 38.0. The summed E-state index contributed by atoms with van der Waals surface area (Å²) in [4.78, 5) is 47.6. The van der Waals surface area contributed by atoms with Crippen LogP contribution in [0, 0.1) is 18.6 Å². The Labute approximate surface area is 311 Å². The molecule has 0 saturated carbocycles. The van der Waals surface area contributed by atoms with Crippen molar-refractivity contribution in [3.8, 4) is 22.4 Å². The van der Waals surface area contributed by atoms with Crippen LogP contribution in [0.25, 0.3) is 22.4 Å². The van der Waals surface area contributed by atoms with Crippen LogP contribution in [-0.4, -0.2) is 131 Å². The number of ether oxygens (including phenoxy) is 2. The molecule has 2 aromatic carbocycles. The van der Waals surface area contributed by atoms with E-state index in [9.17, 15) is 14.4 Å². The number of carbonyl (C=O) groups excluding carboxylic acids is 3. The molecule has 53 heavy (non-hydrogen) atoms. The van der Waals surface area contributed by atoms with Crippen molar-refractivity contribution in [3.63, 3.8) is 0 Å². The van der Waals surface area contributed by atoms with Crippen molar-refractivity contribution in [1.82, 2.24) is 29.1 Å². The number of benzene rings is 2. The van der Waals surface area contributed by atoms with Crippen molar-refractivity contribution in [2.75, 3.05) is 79.1 Å². The van der Waals surface area contributed by atoms with Gasteiger partial charge in [-0.25, -0.2) is 13.8 Å². The molecule has 1 atom stereocenters. The maximum atomic E-state index is 15.6. The van der Waals surface area contributed by atoms with Gasteiger partial charge < -0.3 is 33.6 Å². The van der Waals surface area contributed by atoms with Gasteiger partial charge >= 0.3 is 0 Å². The van der Waals surface area contributed by atoms with Crippen LogP contribution in [0.3, 0.4) is 0 Å². The van der Waals surface area contributed by atoms with Crippen LogP contribution in [0.15, 0.2) is 42.7 Å². The lowest BCUT2D eigenvalue weighted by Gasteiger charge is -2.43. The largest absolute Gasteiger partial charge is 0.385 e. The maximum absolute atomic E-state index is 15.6. The molecule has 0 unspecified atom stereocenters. The minimum Gasteiger partial charge on any atom is -0.385 e. The van der Waals surface area contributed by atoms with E-state index in [4.69, 9.17) is 21.1 Å². The van der Waals surface area contributed by atoms with Crippen LogP contribution >= 0.6 is 11.6 Å². The molecule has 16 heteroatoms. The summed E-state index contributed by atoms with van der Waals surface area (Å²) in [6.07, 6.45) is 3.71. The fourth-order valence-corrected chi connectivity index (χ4v) is 7.04. The van der Waals surface area contributed by atoms with Gasteiger partial charge in [0.25, 0.3) is 17.7 Å². The van der Waals surface area contributed by atoms with Gasteiger partial charge in [-0.15, -0.1) is 0 Å². The van der Waals surface area contributed by atoms with E-state index < -0.39 is 17.5 Å². The standard InChI is InChI=1S/C37H43ClF2N8O5/c1-23-28(21-47(43-23)11-6-17-52-5)25-9-10-27(33(40)32(25)39)30-20-41-34(44(30)2)35(49)42-24-7-8-26(29(38)19-24)36(50)45-12-14-46(15-13-45)37(51)31-22-53-18-16-48(31,3)4/h7-10,19-21,31H,6,11-18,22H2,1-5H3/p+1/t31-/m0/s1. The van der Waals surface area contributed by atoms with Crippen LogP contribution in [0.1, 0.15) is 33.1 Å². The van der Waals surface area contributed by atoms with E-state index in [2.05, 4.69) is 15.4 Å². The Hall–Kier alpha value is -4.70. The zero-order chi connectivity index (χ0) is 38.0. The highest BCUT2D eigenvalue weighted by molar-refractivity contribution is 6.34. The number of imidazole rings is 1. The molecule has 2 saturated heterocycles. The first-order chi connectivity index (χ1) is 25.3. The van der Waals surface area contributed by atoms with Gasteiger partial charge in [-0.1, -0.05) is 17.7 Å². The molecule has 0 spiro atoms. The highest BCUT2D eigenvalue weighted by atomic mass is 35.5. The van der Waals surface area contributed by atoms with Crippen molar-refractivity contribution in [3.05, 3.63) is 76.5 Å². The second kappa shape index (κ2) is 15.7. The normalized spacial score (nSPS) is 17.2. The van der Waals surface area contributed by atoms with E-state index >= 15 is 8.78 Å². The molecule has 0 aliphatic carbocycles. The number of methoxy groups -OCH3 is 1. The van der Waals surface area contributed by atoms with Crippen molar-refractivity contribution >= 4 is 35.0 Å². The van der Waals surface area contributed by atoms with Gasteiger partial charge in [0.1, 0.15) is 13.2 Å². The van der Waals surface area contributed by atoms with Crippen molar-refractivity contribution in [2.45, 2.75) is 25.9 Å². The first-order valence-corrected chi connectivity index (χ1v) is 17.8. The number of amides is 3. The monoisotopic (exact) mass is 753 g/mol. The number of aryl methyl sites for hydroxylation is 2. The molecule has 2 aliphatic rings. The number of nitrogens with zero attached hydrogens (tertiary/aromatic N) is 7. The predicted molar refractivity (Wildman–Crippen MR) is 194 cm³/mol. The molecule has 2 fully saturated rings. The number of anilines is 1. The Kier molecular flexibility index (Phi) is 11.3. The number of piperazine rings is 1. The topological polar surface area (TPSA) is 124 Å². The Balaban J connectivity index is 1.09. The van der Waals surface area contributed by atoms with Gasteiger partial charge in [-0.3, -0.25) is 19.1 Å². The second-order valence-corrected chi connectivity index (χ2v) is 14.3. The number of hydrogen-bond acceptors (Lipinski definition) is 7. The van der Waals surface area contributed by atoms with Gasteiger partial charge in [-0.05, 0) is 37.6 Å². The molecule has 2 aliphatic heterocycles. The lowest BCUT2D eigenvalue weighted by Crippen LogP contribution is -2.64. The molecule has 3 amide bonds. The van der Waals surface area contributed by atoms with Gasteiger partial charge in [0, 0.05) is 82.1 Å². The van der Waals surface area contributed by atoms with Gasteiger partial charge in [-0.2, -0.15) is 5.10 Å². The highest BCUT2D eigenvalue weighted by Crippen LogP contribution is 2.33. The van der Waals surface area contributed by atoms with E-state index in [0.717, 1.165) is 13.0 Å². The molecule has 282 valence electrons. The number of rotatable bonds is 10. The minimum absolute atomic E-state index is 0.0269. The smallest absolute Gasteiger partial charge is 0.291 e. The summed E-state index contributed by atoms with van der Waals surface area (Å²) >= 11 is 6.54. The molecular formula is C37H44ClF2N8O5+. The van der Waals surface area contributed by atoms with E-state index in [1.54, 1.807) is 40.8 Å². The molecule has 2 aromatic heterocycles. The summed E-state index contributed by atoms with van der Waals surface area (Å²) in [7, 11) is 7.20. The highest BCUT2D eigenvalue weighted by Gasteiger charge is 2.41. The molecule has 4 aromatic rings. The third kappa shape index (κ3) is 7.84. The van der Waals surface area contributed by atoms with Gasteiger partial charge in [0.05, 0.1) is 48.9 Å². The van der Waals surface area contributed by atoms with E-state index in [0.29, 0.717) is 74.0 Å². The zero-order valence-electron chi connectivity index (χ0n) is 30.5. The number of carbonyl (C=O) groups is 3. The summed E-state index contributed by atoms with van der Waals surface area (Å²) < 4.78 is 45.4. The van der Waals surface area contributed by atoms with Crippen LogP contribution in [0.5, 0.6) is 0 Å². The average molecular weight is 754 g/mol. The summed E-state index contributed by atoms with van der Waals surface area (Å²) in [6, 6.07) is 7.22. The Morgan fingerprint density at radius 3 is 2.43 bits per heavy atom. The van der Waals surface area contributed by atoms with Crippen LogP contribution < -0.4 is 5.32 Å². The van der Waals surface area contributed by atoms with Crippen LogP contribution in [0.2, 0.25) is 5.02 Å². The minimum atomic E-state index is -1.08. The number of halogens is 3.